The summed E-state index contributed by atoms with van der Waals surface area (Å²) < 4.78 is 5.68. The second kappa shape index (κ2) is 6.02. The number of halogens is 1. The third-order valence-corrected chi connectivity index (χ3v) is 4.19. The van der Waals surface area contributed by atoms with Crippen LogP contribution in [0.1, 0.15) is 18.4 Å². The van der Waals surface area contributed by atoms with Gasteiger partial charge in [-0.15, -0.1) is 0 Å². The molecular weight excluding hydrogens is 276 g/mol. The van der Waals surface area contributed by atoms with Crippen molar-refractivity contribution in [3.63, 3.8) is 0 Å². The van der Waals surface area contributed by atoms with Gasteiger partial charge >= 0.3 is 0 Å². The van der Waals surface area contributed by atoms with Crippen LogP contribution in [0.3, 0.4) is 0 Å². The summed E-state index contributed by atoms with van der Waals surface area (Å²) in [5.74, 6) is 1.28. The molecule has 2 unspecified atom stereocenters. The van der Waals surface area contributed by atoms with E-state index in [9.17, 15) is 4.79 Å². The summed E-state index contributed by atoms with van der Waals surface area (Å²) in [5, 5.41) is 7.04. The predicted molar refractivity (Wildman–Crippen MR) is 78.2 cm³/mol. The Morgan fingerprint density at radius 1 is 1.50 bits per heavy atom. The molecule has 1 aromatic rings. The average Bonchev–Trinajstić information content (AvgIpc) is 2.89. The molecule has 2 aliphatic heterocycles. The summed E-state index contributed by atoms with van der Waals surface area (Å²) in [6.45, 7) is 2.80. The van der Waals surface area contributed by atoms with Gasteiger partial charge in [-0.3, -0.25) is 4.79 Å². The van der Waals surface area contributed by atoms with Crippen molar-refractivity contribution in [2.24, 2.45) is 5.92 Å². The van der Waals surface area contributed by atoms with Gasteiger partial charge in [0, 0.05) is 18.0 Å². The van der Waals surface area contributed by atoms with Crippen LogP contribution in [-0.2, 0) is 11.2 Å². The molecule has 0 radical (unpaired) electrons. The van der Waals surface area contributed by atoms with Crippen LogP contribution in [-0.4, -0.2) is 31.6 Å². The van der Waals surface area contributed by atoms with Crippen molar-refractivity contribution in [2.45, 2.75) is 25.4 Å². The number of hydrogen-bond donors (Lipinski definition) is 2. The number of piperidine rings is 1. The number of hydrogen-bond acceptors (Lipinski definition) is 3. The summed E-state index contributed by atoms with van der Waals surface area (Å²) in [5.41, 5.74) is 1.01. The van der Waals surface area contributed by atoms with Gasteiger partial charge in [0.25, 0.3) is 5.91 Å². The van der Waals surface area contributed by atoms with E-state index in [1.807, 2.05) is 12.1 Å². The molecule has 0 bridgehead atoms. The Labute approximate surface area is 123 Å². The predicted octanol–water partition coefficient (Wildman–Crippen LogP) is 1.76. The van der Waals surface area contributed by atoms with Crippen molar-refractivity contribution >= 4 is 17.5 Å². The Bertz CT molecular complexity index is 501. The summed E-state index contributed by atoms with van der Waals surface area (Å²) in [7, 11) is 0. The van der Waals surface area contributed by atoms with Crippen LogP contribution < -0.4 is 15.4 Å². The first-order valence-corrected chi connectivity index (χ1v) is 7.53. The van der Waals surface area contributed by atoms with E-state index >= 15 is 0 Å². The SMILES string of the molecule is O=C(NCC1CCCNC1)C1Cc2cc(Cl)ccc2O1. The molecule has 1 saturated heterocycles. The summed E-state index contributed by atoms with van der Waals surface area (Å²) in [6.07, 6.45) is 2.55. The zero-order valence-corrected chi connectivity index (χ0v) is 12.1. The summed E-state index contributed by atoms with van der Waals surface area (Å²) >= 11 is 5.95. The number of nitrogens with one attached hydrogen (secondary N) is 2. The smallest absolute Gasteiger partial charge is 0.261 e. The number of rotatable bonds is 3. The molecule has 20 heavy (non-hydrogen) atoms. The van der Waals surface area contributed by atoms with Crippen molar-refractivity contribution in [3.8, 4) is 5.75 Å². The molecule has 3 rings (SSSR count). The molecule has 5 heteroatoms. The molecule has 1 fully saturated rings. The van der Waals surface area contributed by atoms with Gasteiger partial charge in [0.05, 0.1) is 0 Å². The third kappa shape index (κ3) is 3.07. The van der Waals surface area contributed by atoms with Gasteiger partial charge in [-0.1, -0.05) is 11.6 Å². The minimum atomic E-state index is -0.417. The minimum absolute atomic E-state index is 0.0251. The minimum Gasteiger partial charge on any atom is -0.480 e. The highest BCUT2D eigenvalue weighted by atomic mass is 35.5. The number of carbonyl (C=O) groups is 1. The lowest BCUT2D eigenvalue weighted by atomic mass is 9.99. The van der Waals surface area contributed by atoms with Gasteiger partial charge < -0.3 is 15.4 Å². The first kappa shape index (κ1) is 13.7. The zero-order chi connectivity index (χ0) is 13.9. The van der Waals surface area contributed by atoms with Crippen LogP contribution in [0.4, 0.5) is 0 Å². The Morgan fingerprint density at radius 2 is 2.40 bits per heavy atom. The van der Waals surface area contributed by atoms with Crippen molar-refractivity contribution in [1.29, 1.82) is 0 Å². The highest BCUT2D eigenvalue weighted by Crippen LogP contribution is 2.31. The van der Waals surface area contributed by atoms with E-state index in [2.05, 4.69) is 10.6 Å². The maximum atomic E-state index is 12.2. The molecular formula is C15H19ClN2O2. The van der Waals surface area contributed by atoms with E-state index in [-0.39, 0.29) is 5.91 Å². The van der Waals surface area contributed by atoms with Gasteiger partial charge in [-0.2, -0.15) is 0 Å². The Morgan fingerprint density at radius 3 is 3.20 bits per heavy atom. The second-order valence-electron chi connectivity index (χ2n) is 5.52. The first-order valence-electron chi connectivity index (χ1n) is 7.16. The van der Waals surface area contributed by atoms with Crippen LogP contribution in [0, 0.1) is 5.92 Å². The lowest BCUT2D eigenvalue weighted by Crippen LogP contribution is -2.43. The van der Waals surface area contributed by atoms with Crippen LogP contribution in [0.15, 0.2) is 18.2 Å². The number of benzene rings is 1. The number of ether oxygens (including phenoxy) is 1. The maximum Gasteiger partial charge on any atom is 0.261 e. The van der Waals surface area contributed by atoms with Crippen molar-refractivity contribution in [3.05, 3.63) is 28.8 Å². The normalized spacial score (nSPS) is 24.9. The zero-order valence-electron chi connectivity index (χ0n) is 11.3. The number of amides is 1. The van der Waals surface area contributed by atoms with Crippen LogP contribution in [0.25, 0.3) is 0 Å². The summed E-state index contributed by atoms with van der Waals surface area (Å²) in [6, 6.07) is 5.49. The highest BCUT2D eigenvalue weighted by Gasteiger charge is 2.29. The fourth-order valence-corrected chi connectivity index (χ4v) is 3.02. The Kier molecular flexibility index (Phi) is 4.13. The Balaban J connectivity index is 1.52. The second-order valence-corrected chi connectivity index (χ2v) is 5.96. The van der Waals surface area contributed by atoms with Crippen molar-refractivity contribution < 1.29 is 9.53 Å². The molecule has 1 aromatic carbocycles. The van der Waals surface area contributed by atoms with Gasteiger partial charge in [0.15, 0.2) is 6.10 Å². The van der Waals surface area contributed by atoms with Crippen LogP contribution >= 0.6 is 11.6 Å². The summed E-state index contributed by atoms with van der Waals surface area (Å²) in [4.78, 5) is 12.2. The fraction of sp³-hybridized carbons (Fsp3) is 0.533. The molecule has 2 N–H and O–H groups in total. The van der Waals surface area contributed by atoms with Crippen molar-refractivity contribution in [1.82, 2.24) is 10.6 Å². The molecule has 0 aromatic heterocycles. The highest BCUT2D eigenvalue weighted by molar-refractivity contribution is 6.30. The molecule has 4 nitrogen and oxygen atoms in total. The van der Waals surface area contributed by atoms with E-state index in [4.69, 9.17) is 16.3 Å². The third-order valence-electron chi connectivity index (χ3n) is 3.95. The largest absolute Gasteiger partial charge is 0.480 e. The molecule has 2 heterocycles. The van der Waals surface area contributed by atoms with Gasteiger partial charge in [0.1, 0.15) is 5.75 Å². The topological polar surface area (TPSA) is 50.4 Å². The number of carbonyl (C=O) groups excluding carboxylic acids is 1. The van der Waals surface area contributed by atoms with Crippen molar-refractivity contribution in [2.75, 3.05) is 19.6 Å². The molecule has 2 aliphatic rings. The average molecular weight is 295 g/mol. The van der Waals surface area contributed by atoms with E-state index in [1.165, 1.54) is 12.8 Å². The molecule has 2 atom stereocenters. The van der Waals surface area contributed by atoms with E-state index in [0.29, 0.717) is 17.4 Å². The quantitative estimate of drug-likeness (QED) is 0.893. The lowest BCUT2D eigenvalue weighted by molar-refractivity contribution is -0.127. The molecule has 0 saturated carbocycles. The van der Waals surface area contributed by atoms with Gasteiger partial charge in [-0.25, -0.2) is 0 Å². The Hall–Kier alpha value is -1.26. The first-order chi connectivity index (χ1) is 9.72. The van der Waals surface area contributed by atoms with E-state index in [0.717, 1.165) is 30.9 Å². The monoisotopic (exact) mass is 294 g/mol. The molecule has 1 amide bonds. The molecule has 108 valence electrons. The van der Waals surface area contributed by atoms with E-state index < -0.39 is 6.10 Å². The lowest BCUT2D eigenvalue weighted by Gasteiger charge is -2.23. The van der Waals surface area contributed by atoms with Crippen LogP contribution in [0.2, 0.25) is 5.02 Å². The van der Waals surface area contributed by atoms with Crippen LogP contribution in [0.5, 0.6) is 5.75 Å². The molecule has 0 aliphatic carbocycles. The standard InChI is InChI=1S/C15H19ClN2O2/c16-12-3-4-13-11(6-12)7-14(20-13)15(19)18-9-10-2-1-5-17-8-10/h3-4,6,10,14,17H,1-2,5,7-9H2,(H,18,19). The van der Waals surface area contributed by atoms with Gasteiger partial charge in [-0.05, 0) is 55.6 Å². The molecule has 0 spiro atoms. The maximum absolute atomic E-state index is 12.2. The number of fused-ring (bicyclic) bond motifs is 1. The van der Waals surface area contributed by atoms with Gasteiger partial charge in [0.2, 0.25) is 0 Å². The fourth-order valence-electron chi connectivity index (χ4n) is 2.82. The van der Waals surface area contributed by atoms with E-state index in [1.54, 1.807) is 6.07 Å².